The Morgan fingerprint density at radius 1 is 1.25 bits per heavy atom. The van der Waals surface area contributed by atoms with Gasteiger partial charge >= 0.3 is 0 Å². The summed E-state index contributed by atoms with van der Waals surface area (Å²) in [7, 11) is 0. The molecule has 0 aliphatic heterocycles. The molecule has 9 heteroatoms. The van der Waals surface area contributed by atoms with Gasteiger partial charge in [0.1, 0.15) is 10.8 Å². The monoisotopic (exact) mass is 298 g/mol. The molecule has 0 atom stereocenters. The number of aromatic nitrogens is 1. The molecule has 3 N–H and O–H groups in total. The van der Waals surface area contributed by atoms with E-state index in [9.17, 15) is 18.9 Å². The van der Waals surface area contributed by atoms with Crippen LogP contribution in [0.25, 0.3) is 0 Å². The molecule has 0 amide bonds. The highest BCUT2D eigenvalue weighted by molar-refractivity contribution is 7.99. The van der Waals surface area contributed by atoms with E-state index in [0.717, 1.165) is 30.0 Å². The van der Waals surface area contributed by atoms with Gasteiger partial charge in [0, 0.05) is 11.0 Å². The van der Waals surface area contributed by atoms with Gasteiger partial charge in [0.25, 0.3) is 5.69 Å². The third-order valence-electron chi connectivity index (χ3n) is 2.26. The van der Waals surface area contributed by atoms with Crippen molar-refractivity contribution < 1.29 is 13.7 Å². The van der Waals surface area contributed by atoms with Crippen molar-refractivity contribution in [1.29, 1.82) is 0 Å². The lowest BCUT2D eigenvalue weighted by Gasteiger charge is -2.04. The first kappa shape index (κ1) is 14.2. The predicted octanol–water partition coefficient (Wildman–Crippen LogP) is 2.70. The van der Waals surface area contributed by atoms with Crippen molar-refractivity contribution in [3.63, 3.8) is 0 Å². The predicted molar refractivity (Wildman–Crippen MR) is 69.2 cm³/mol. The number of hydrazine groups is 1. The molecule has 0 bridgehead atoms. The van der Waals surface area contributed by atoms with Crippen LogP contribution in [0.2, 0.25) is 0 Å². The SMILES string of the molecule is NNc1cc([N+](=O)[O-])cc(Sc2ccc(F)c(F)c2)n1. The number of nitrogens with one attached hydrogen (secondary N) is 1. The van der Waals surface area contributed by atoms with E-state index in [2.05, 4.69) is 10.4 Å². The summed E-state index contributed by atoms with van der Waals surface area (Å²) in [6, 6.07) is 5.67. The van der Waals surface area contributed by atoms with Crippen molar-refractivity contribution in [2.75, 3.05) is 5.43 Å². The van der Waals surface area contributed by atoms with E-state index >= 15 is 0 Å². The van der Waals surface area contributed by atoms with Crippen LogP contribution in [0.5, 0.6) is 0 Å². The largest absolute Gasteiger partial charge is 0.308 e. The van der Waals surface area contributed by atoms with Crippen LogP contribution in [0.1, 0.15) is 0 Å². The Bertz CT molecular complexity index is 669. The van der Waals surface area contributed by atoms with Crippen LogP contribution in [-0.4, -0.2) is 9.91 Å². The number of pyridine rings is 1. The fourth-order valence-electron chi connectivity index (χ4n) is 1.38. The van der Waals surface area contributed by atoms with Crippen LogP contribution in [-0.2, 0) is 0 Å². The number of hydrogen-bond donors (Lipinski definition) is 2. The molecule has 0 unspecified atom stereocenters. The summed E-state index contributed by atoms with van der Waals surface area (Å²) in [6.45, 7) is 0. The minimum absolute atomic E-state index is 0.101. The Hall–Kier alpha value is -2.26. The Kier molecular flexibility index (Phi) is 4.11. The highest BCUT2D eigenvalue weighted by atomic mass is 32.2. The van der Waals surface area contributed by atoms with Gasteiger partial charge in [-0.2, -0.15) is 0 Å². The molecule has 0 saturated carbocycles. The first-order valence-corrected chi connectivity index (χ1v) is 6.07. The lowest BCUT2D eigenvalue weighted by Crippen LogP contribution is -2.09. The molecule has 0 radical (unpaired) electrons. The summed E-state index contributed by atoms with van der Waals surface area (Å²) in [5, 5.41) is 11.0. The molecule has 20 heavy (non-hydrogen) atoms. The summed E-state index contributed by atoms with van der Waals surface area (Å²) >= 11 is 0.954. The zero-order valence-electron chi connectivity index (χ0n) is 9.84. The molecule has 1 heterocycles. The van der Waals surface area contributed by atoms with Crippen LogP contribution in [0.4, 0.5) is 20.3 Å². The van der Waals surface area contributed by atoms with Crippen LogP contribution < -0.4 is 11.3 Å². The molecule has 104 valence electrons. The first-order chi connectivity index (χ1) is 9.49. The number of halogens is 2. The molecule has 1 aromatic carbocycles. The molecule has 0 fully saturated rings. The zero-order valence-corrected chi connectivity index (χ0v) is 10.7. The van der Waals surface area contributed by atoms with E-state index < -0.39 is 16.6 Å². The van der Waals surface area contributed by atoms with Gasteiger partial charge in [-0.25, -0.2) is 19.6 Å². The van der Waals surface area contributed by atoms with Crippen molar-refractivity contribution in [1.82, 2.24) is 4.98 Å². The summed E-state index contributed by atoms with van der Waals surface area (Å²) in [5.41, 5.74) is 2.00. The van der Waals surface area contributed by atoms with Gasteiger partial charge in [0.15, 0.2) is 11.6 Å². The lowest BCUT2D eigenvalue weighted by molar-refractivity contribution is -0.385. The molecule has 0 saturated heterocycles. The molecule has 0 aliphatic carbocycles. The summed E-state index contributed by atoms with van der Waals surface area (Å²) in [5.74, 6) is 3.30. The fourth-order valence-corrected chi connectivity index (χ4v) is 2.25. The molecule has 0 spiro atoms. The first-order valence-electron chi connectivity index (χ1n) is 5.25. The number of rotatable bonds is 4. The zero-order chi connectivity index (χ0) is 14.7. The maximum Gasteiger partial charge on any atom is 0.275 e. The molecule has 1 aromatic heterocycles. The van der Waals surface area contributed by atoms with Gasteiger partial charge in [-0.3, -0.25) is 10.1 Å². The van der Waals surface area contributed by atoms with Gasteiger partial charge in [-0.1, -0.05) is 11.8 Å². The minimum atomic E-state index is -1.00. The average Bonchev–Trinajstić information content (AvgIpc) is 2.42. The van der Waals surface area contributed by atoms with Crippen molar-refractivity contribution in [3.8, 4) is 0 Å². The van der Waals surface area contributed by atoms with Crippen LogP contribution >= 0.6 is 11.8 Å². The van der Waals surface area contributed by atoms with Crippen molar-refractivity contribution in [3.05, 3.63) is 52.1 Å². The van der Waals surface area contributed by atoms with Gasteiger partial charge in [-0.15, -0.1) is 0 Å². The fraction of sp³-hybridized carbons (Fsp3) is 0. The third-order valence-corrected chi connectivity index (χ3v) is 3.17. The standard InChI is InChI=1S/C11H8F2N4O2S/c12-8-2-1-7(5-9(8)13)20-11-4-6(17(18)19)3-10(15-11)16-14/h1-5H,14H2,(H,15,16). The summed E-state index contributed by atoms with van der Waals surface area (Å²) in [6.07, 6.45) is 0. The Morgan fingerprint density at radius 2 is 2.00 bits per heavy atom. The topological polar surface area (TPSA) is 94.1 Å². The second kappa shape index (κ2) is 5.80. The van der Waals surface area contributed by atoms with Crippen molar-refractivity contribution >= 4 is 23.3 Å². The number of hydrogen-bond acceptors (Lipinski definition) is 6. The van der Waals surface area contributed by atoms with Crippen molar-refractivity contribution in [2.45, 2.75) is 9.92 Å². The Balaban J connectivity index is 2.34. The van der Waals surface area contributed by atoms with Crippen molar-refractivity contribution in [2.24, 2.45) is 5.84 Å². The second-order valence-corrected chi connectivity index (χ2v) is 4.72. The van der Waals surface area contributed by atoms with Gasteiger partial charge < -0.3 is 5.43 Å². The van der Waals surface area contributed by atoms with E-state index in [1.54, 1.807) is 0 Å². The van der Waals surface area contributed by atoms with Crippen LogP contribution in [0, 0.1) is 21.7 Å². The second-order valence-electron chi connectivity index (χ2n) is 3.63. The molecular weight excluding hydrogens is 290 g/mol. The maximum absolute atomic E-state index is 13.1. The van der Waals surface area contributed by atoms with Crippen LogP contribution in [0.15, 0.2) is 40.3 Å². The number of benzene rings is 1. The molecular formula is C11H8F2N4O2S. The van der Waals surface area contributed by atoms with Gasteiger partial charge in [0.2, 0.25) is 0 Å². The van der Waals surface area contributed by atoms with E-state index in [-0.39, 0.29) is 16.5 Å². The number of nitrogens with two attached hydrogens (primary N) is 1. The van der Waals surface area contributed by atoms with E-state index in [1.807, 2.05) is 0 Å². The Labute approximate surface area is 116 Å². The number of nitrogen functional groups attached to an aromatic ring is 1. The van der Waals surface area contributed by atoms with Gasteiger partial charge in [-0.05, 0) is 18.2 Å². The average molecular weight is 298 g/mol. The molecule has 2 rings (SSSR count). The smallest absolute Gasteiger partial charge is 0.275 e. The third kappa shape index (κ3) is 3.19. The highest BCUT2D eigenvalue weighted by Gasteiger charge is 2.12. The lowest BCUT2D eigenvalue weighted by atomic mass is 10.3. The maximum atomic E-state index is 13.1. The molecule has 0 aliphatic rings. The molecule has 6 nitrogen and oxygen atoms in total. The van der Waals surface area contributed by atoms with Crippen LogP contribution in [0.3, 0.4) is 0 Å². The number of anilines is 1. The number of nitrogens with zero attached hydrogens (tertiary/aromatic N) is 2. The normalized spacial score (nSPS) is 10.3. The summed E-state index contributed by atoms with van der Waals surface area (Å²) in [4.78, 5) is 14.5. The Morgan fingerprint density at radius 3 is 2.60 bits per heavy atom. The van der Waals surface area contributed by atoms with E-state index in [0.29, 0.717) is 4.90 Å². The molecule has 2 aromatic rings. The minimum Gasteiger partial charge on any atom is -0.308 e. The quantitative estimate of drug-likeness (QED) is 0.512. The number of nitro groups is 1. The van der Waals surface area contributed by atoms with E-state index in [4.69, 9.17) is 5.84 Å². The van der Waals surface area contributed by atoms with Gasteiger partial charge in [0.05, 0.1) is 11.0 Å². The summed E-state index contributed by atoms with van der Waals surface area (Å²) < 4.78 is 25.9. The highest BCUT2D eigenvalue weighted by Crippen LogP contribution is 2.30. The van der Waals surface area contributed by atoms with E-state index in [1.165, 1.54) is 12.1 Å².